The van der Waals surface area contributed by atoms with Crippen LogP contribution in [0.15, 0.2) is 24.3 Å². The fourth-order valence-corrected chi connectivity index (χ4v) is 2.44. The van der Waals surface area contributed by atoms with Crippen LogP contribution in [0, 0.1) is 11.3 Å². The number of carbonyl (C=O) groups excluding carboxylic acids is 1. The van der Waals surface area contributed by atoms with Crippen LogP contribution in [0.2, 0.25) is 0 Å². The van der Waals surface area contributed by atoms with E-state index < -0.39 is 0 Å². The van der Waals surface area contributed by atoms with Crippen LogP contribution in [-0.4, -0.2) is 30.4 Å². The molecule has 0 aromatic heterocycles. The molecule has 4 nitrogen and oxygen atoms in total. The van der Waals surface area contributed by atoms with Gasteiger partial charge >= 0.3 is 0 Å². The molecule has 0 unspecified atom stereocenters. The summed E-state index contributed by atoms with van der Waals surface area (Å²) in [7, 11) is 0. The van der Waals surface area contributed by atoms with Gasteiger partial charge in [-0.25, -0.2) is 0 Å². The van der Waals surface area contributed by atoms with Gasteiger partial charge in [0.25, 0.3) is 0 Å². The Morgan fingerprint density at radius 1 is 1.15 bits per heavy atom. The van der Waals surface area contributed by atoms with Crippen molar-refractivity contribution in [3.8, 4) is 6.07 Å². The molecule has 0 spiro atoms. The molecule has 1 aromatic rings. The van der Waals surface area contributed by atoms with Gasteiger partial charge in [0.2, 0.25) is 5.91 Å². The first-order valence-corrected chi connectivity index (χ1v) is 7.27. The van der Waals surface area contributed by atoms with Crippen LogP contribution in [0.5, 0.6) is 0 Å². The minimum absolute atomic E-state index is 0.174. The van der Waals surface area contributed by atoms with Crippen LogP contribution >= 0.6 is 0 Å². The van der Waals surface area contributed by atoms with E-state index in [9.17, 15) is 4.79 Å². The highest BCUT2D eigenvalue weighted by molar-refractivity contribution is 5.80. The van der Waals surface area contributed by atoms with Crippen LogP contribution in [0.3, 0.4) is 0 Å². The van der Waals surface area contributed by atoms with Crippen molar-refractivity contribution in [2.75, 3.05) is 25.0 Å². The summed E-state index contributed by atoms with van der Waals surface area (Å²) in [5.41, 5.74) is 1.92. The van der Waals surface area contributed by atoms with Gasteiger partial charge in [0.15, 0.2) is 0 Å². The van der Waals surface area contributed by atoms with Gasteiger partial charge in [-0.05, 0) is 30.5 Å². The molecule has 1 aromatic carbocycles. The molecule has 1 heterocycles. The topological polar surface area (TPSA) is 56.1 Å². The van der Waals surface area contributed by atoms with Crippen molar-refractivity contribution in [3.05, 3.63) is 29.8 Å². The first-order valence-electron chi connectivity index (χ1n) is 7.27. The largest absolute Gasteiger partial charge is 0.376 e. The highest BCUT2D eigenvalue weighted by atomic mass is 16.2. The van der Waals surface area contributed by atoms with Crippen LogP contribution in [0.4, 0.5) is 5.69 Å². The second-order valence-corrected chi connectivity index (χ2v) is 5.18. The lowest BCUT2D eigenvalue weighted by Gasteiger charge is -2.20. The lowest BCUT2D eigenvalue weighted by molar-refractivity contribution is -0.129. The van der Waals surface area contributed by atoms with Gasteiger partial charge < -0.3 is 10.2 Å². The Labute approximate surface area is 120 Å². The van der Waals surface area contributed by atoms with Gasteiger partial charge in [-0.2, -0.15) is 5.26 Å². The van der Waals surface area contributed by atoms with E-state index in [0.717, 1.165) is 37.2 Å². The summed E-state index contributed by atoms with van der Waals surface area (Å²) in [6, 6.07) is 9.80. The van der Waals surface area contributed by atoms with Crippen molar-refractivity contribution in [2.24, 2.45) is 0 Å². The first kappa shape index (κ1) is 14.4. The van der Waals surface area contributed by atoms with E-state index >= 15 is 0 Å². The molecule has 1 aliphatic heterocycles. The summed E-state index contributed by atoms with van der Waals surface area (Å²) >= 11 is 0. The molecule has 20 heavy (non-hydrogen) atoms. The third-order valence-corrected chi connectivity index (χ3v) is 3.64. The van der Waals surface area contributed by atoms with E-state index in [-0.39, 0.29) is 5.91 Å². The van der Waals surface area contributed by atoms with Gasteiger partial charge in [0.1, 0.15) is 0 Å². The molecule has 106 valence electrons. The van der Waals surface area contributed by atoms with Gasteiger partial charge in [0.05, 0.1) is 19.0 Å². The monoisotopic (exact) mass is 271 g/mol. The number of rotatable bonds is 4. The Morgan fingerprint density at radius 2 is 1.80 bits per heavy atom. The fraction of sp³-hybridized carbons (Fsp3) is 0.500. The Bertz CT molecular complexity index is 467. The van der Waals surface area contributed by atoms with Crippen LogP contribution in [-0.2, 0) is 11.2 Å². The van der Waals surface area contributed by atoms with Crippen LogP contribution in [0.1, 0.15) is 31.2 Å². The molecule has 1 fully saturated rings. The Morgan fingerprint density at radius 3 is 2.40 bits per heavy atom. The predicted octanol–water partition coefficient (Wildman–Crippen LogP) is 2.57. The average molecular weight is 271 g/mol. The van der Waals surface area contributed by atoms with E-state index in [1.165, 1.54) is 12.8 Å². The molecule has 0 atom stereocenters. The number of benzene rings is 1. The summed E-state index contributed by atoms with van der Waals surface area (Å²) in [5.74, 6) is 0.174. The van der Waals surface area contributed by atoms with Crippen molar-refractivity contribution >= 4 is 11.6 Å². The summed E-state index contributed by atoms with van der Waals surface area (Å²) in [6.07, 6.45) is 5.13. The van der Waals surface area contributed by atoms with Crippen molar-refractivity contribution < 1.29 is 4.79 Å². The maximum absolute atomic E-state index is 12.1. The predicted molar refractivity (Wildman–Crippen MR) is 79.3 cm³/mol. The number of nitrogens with one attached hydrogen (secondary N) is 1. The number of nitrogens with zero attached hydrogens (tertiary/aromatic N) is 2. The SMILES string of the molecule is N#CCc1ccc(NCC(=O)N2CCCCCC2)cc1. The third kappa shape index (κ3) is 4.27. The molecule has 0 saturated carbocycles. The number of carbonyl (C=O) groups is 1. The summed E-state index contributed by atoms with van der Waals surface area (Å²) in [6.45, 7) is 2.13. The number of nitriles is 1. The Balaban J connectivity index is 1.81. The van der Waals surface area contributed by atoms with Gasteiger partial charge in [-0.1, -0.05) is 25.0 Å². The van der Waals surface area contributed by atoms with Gasteiger partial charge in [-0.3, -0.25) is 4.79 Å². The summed E-state index contributed by atoms with van der Waals surface area (Å²) in [5, 5.41) is 11.8. The molecular formula is C16H21N3O. The van der Waals surface area contributed by atoms with Crippen LogP contribution in [0.25, 0.3) is 0 Å². The summed E-state index contributed by atoms with van der Waals surface area (Å²) in [4.78, 5) is 14.1. The molecule has 1 N–H and O–H groups in total. The molecule has 1 amide bonds. The maximum atomic E-state index is 12.1. The lowest BCUT2D eigenvalue weighted by Crippen LogP contribution is -2.36. The first-order chi connectivity index (χ1) is 9.79. The molecule has 0 bridgehead atoms. The smallest absolute Gasteiger partial charge is 0.241 e. The number of anilines is 1. The second-order valence-electron chi connectivity index (χ2n) is 5.18. The molecule has 1 aliphatic rings. The minimum atomic E-state index is 0.174. The number of likely N-dealkylation sites (tertiary alicyclic amines) is 1. The van der Waals surface area contributed by atoms with Crippen molar-refractivity contribution in [3.63, 3.8) is 0 Å². The van der Waals surface area contributed by atoms with Crippen molar-refractivity contribution in [2.45, 2.75) is 32.1 Å². The Hall–Kier alpha value is -2.02. The highest BCUT2D eigenvalue weighted by Gasteiger charge is 2.14. The number of hydrogen-bond acceptors (Lipinski definition) is 3. The standard InChI is InChI=1S/C16H21N3O/c17-10-9-14-5-7-15(8-6-14)18-13-16(20)19-11-3-1-2-4-12-19/h5-8,18H,1-4,9,11-13H2. The molecule has 4 heteroatoms. The third-order valence-electron chi connectivity index (χ3n) is 3.64. The number of amides is 1. The second kappa shape index (κ2) is 7.54. The highest BCUT2D eigenvalue weighted by Crippen LogP contribution is 2.12. The van der Waals surface area contributed by atoms with E-state index in [4.69, 9.17) is 5.26 Å². The lowest BCUT2D eigenvalue weighted by atomic mass is 10.1. The zero-order valence-corrected chi connectivity index (χ0v) is 11.8. The average Bonchev–Trinajstić information content (AvgIpc) is 2.76. The van der Waals surface area contributed by atoms with Gasteiger partial charge in [0, 0.05) is 18.8 Å². The molecule has 0 radical (unpaired) electrons. The maximum Gasteiger partial charge on any atom is 0.241 e. The Kier molecular flexibility index (Phi) is 5.43. The van der Waals surface area contributed by atoms with Crippen molar-refractivity contribution in [1.82, 2.24) is 4.90 Å². The van der Waals surface area contributed by atoms with E-state index in [0.29, 0.717) is 13.0 Å². The van der Waals surface area contributed by atoms with E-state index in [2.05, 4.69) is 11.4 Å². The fourth-order valence-electron chi connectivity index (χ4n) is 2.44. The minimum Gasteiger partial charge on any atom is -0.376 e. The van der Waals surface area contributed by atoms with E-state index in [1.54, 1.807) is 0 Å². The molecular weight excluding hydrogens is 250 g/mol. The quantitative estimate of drug-likeness (QED) is 0.915. The van der Waals surface area contributed by atoms with Crippen LogP contribution < -0.4 is 5.32 Å². The van der Waals surface area contributed by atoms with Crippen molar-refractivity contribution in [1.29, 1.82) is 5.26 Å². The normalized spacial score (nSPS) is 15.2. The molecule has 0 aliphatic carbocycles. The zero-order valence-electron chi connectivity index (χ0n) is 11.8. The van der Waals surface area contributed by atoms with E-state index in [1.807, 2.05) is 29.2 Å². The van der Waals surface area contributed by atoms with Gasteiger partial charge in [-0.15, -0.1) is 0 Å². The summed E-state index contributed by atoms with van der Waals surface area (Å²) < 4.78 is 0. The molecule has 1 saturated heterocycles. The zero-order chi connectivity index (χ0) is 14.2. The number of hydrogen-bond donors (Lipinski definition) is 1. The molecule has 2 rings (SSSR count).